The minimum atomic E-state index is -0.457. The van der Waals surface area contributed by atoms with Crippen molar-refractivity contribution >= 4 is 5.97 Å². The molecule has 168 valence electrons. The second-order valence-corrected chi connectivity index (χ2v) is 11.1. The molecule has 2 nitrogen and oxygen atoms in total. The SMILES string of the molecule is CCCCCC1(C2CCCCC2)CCC(CCC)(C2(C(=O)O)CCCCC2)CC1. The van der Waals surface area contributed by atoms with Gasteiger partial charge in [-0.3, -0.25) is 4.79 Å². The highest BCUT2D eigenvalue weighted by molar-refractivity contribution is 5.76. The Hall–Kier alpha value is -0.530. The van der Waals surface area contributed by atoms with Crippen molar-refractivity contribution in [2.75, 3.05) is 0 Å². The van der Waals surface area contributed by atoms with Crippen molar-refractivity contribution < 1.29 is 9.90 Å². The molecule has 3 rings (SSSR count). The smallest absolute Gasteiger partial charge is 0.310 e. The third-order valence-corrected chi connectivity index (χ3v) is 9.81. The lowest BCUT2D eigenvalue weighted by molar-refractivity contribution is -0.171. The van der Waals surface area contributed by atoms with Crippen LogP contribution in [0.15, 0.2) is 0 Å². The maximum absolute atomic E-state index is 12.7. The zero-order valence-electron chi connectivity index (χ0n) is 19.6. The maximum atomic E-state index is 12.7. The average Bonchev–Trinajstić information content (AvgIpc) is 2.76. The van der Waals surface area contributed by atoms with Gasteiger partial charge in [-0.1, -0.05) is 78.1 Å². The van der Waals surface area contributed by atoms with E-state index in [-0.39, 0.29) is 5.41 Å². The highest BCUT2D eigenvalue weighted by Crippen LogP contribution is 2.64. The van der Waals surface area contributed by atoms with Crippen LogP contribution in [-0.2, 0) is 4.79 Å². The summed E-state index contributed by atoms with van der Waals surface area (Å²) < 4.78 is 0. The number of rotatable bonds is 9. The Bertz CT molecular complexity index is 503. The Morgan fingerprint density at radius 1 is 0.759 bits per heavy atom. The maximum Gasteiger partial charge on any atom is 0.310 e. The Morgan fingerprint density at radius 2 is 1.38 bits per heavy atom. The summed E-state index contributed by atoms with van der Waals surface area (Å²) in [6.45, 7) is 4.60. The number of aliphatic carboxylic acids is 1. The lowest BCUT2D eigenvalue weighted by Gasteiger charge is -2.58. The molecule has 3 saturated carbocycles. The van der Waals surface area contributed by atoms with Gasteiger partial charge in [-0.05, 0) is 81.0 Å². The molecule has 29 heavy (non-hydrogen) atoms. The van der Waals surface area contributed by atoms with E-state index in [0.29, 0.717) is 5.41 Å². The fourth-order valence-electron chi connectivity index (χ4n) is 8.10. The van der Waals surface area contributed by atoms with Crippen molar-refractivity contribution in [3.8, 4) is 0 Å². The van der Waals surface area contributed by atoms with Crippen molar-refractivity contribution in [3.05, 3.63) is 0 Å². The topological polar surface area (TPSA) is 37.3 Å². The van der Waals surface area contributed by atoms with Gasteiger partial charge in [0.2, 0.25) is 0 Å². The van der Waals surface area contributed by atoms with Crippen LogP contribution in [0.1, 0.15) is 142 Å². The highest BCUT2D eigenvalue weighted by Gasteiger charge is 2.58. The molecule has 0 heterocycles. The monoisotopic (exact) mass is 404 g/mol. The number of carbonyl (C=O) groups is 1. The molecule has 0 bridgehead atoms. The quantitative estimate of drug-likeness (QED) is 0.391. The summed E-state index contributed by atoms with van der Waals surface area (Å²) in [4.78, 5) is 12.7. The number of carboxylic acids is 1. The summed E-state index contributed by atoms with van der Waals surface area (Å²) in [5.41, 5.74) is 0.168. The van der Waals surface area contributed by atoms with Gasteiger partial charge >= 0.3 is 5.97 Å². The molecular weight excluding hydrogens is 356 g/mol. The van der Waals surface area contributed by atoms with E-state index in [1.165, 1.54) is 89.9 Å². The molecule has 0 unspecified atom stereocenters. The number of carboxylic acid groups (broad SMARTS) is 1. The molecule has 2 heteroatoms. The van der Waals surface area contributed by atoms with Crippen molar-refractivity contribution in [1.29, 1.82) is 0 Å². The average molecular weight is 405 g/mol. The first-order valence-electron chi connectivity index (χ1n) is 13.3. The van der Waals surface area contributed by atoms with E-state index in [1.807, 2.05) is 0 Å². The van der Waals surface area contributed by atoms with Crippen LogP contribution < -0.4 is 0 Å². The first-order chi connectivity index (χ1) is 14.0. The summed E-state index contributed by atoms with van der Waals surface area (Å²) in [6.07, 6.45) is 25.3. The van der Waals surface area contributed by atoms with E-state index < -0.39 is 11.4 Å². The molecule has 0 atom stereocenters. The van der Waals surface area contributed by atoms with Crippen molar-refractivity contribution in [3.63, 3.8) is 0 Å². The van der Waals surface area contributed by atoms with Gasteiger partial charge in [0.05, 0.1) is 5.41 Å². The summed E-state index contributed by atoms with van der Waals surface area (Å²) >= 11 is 0. The van der Waals surface area contributed by atoms with E-state index in [0.717, 1.165) is 44.4 Å². The van der Waals surface area contributed by atoms with E-state index in [2.05, 4.69) is 13.8 Å². The first-order valence-corrected chi connectivity index (χ1v) is 13.3. The summed E-state index contributed by atoms with van der Waals surface area (Å²) in [7, 11) is 0. The van der Waals surface area contributed by atoms with Crippen LogP contribution in [0.2, 0.25) is 0 Å². The molecule has 0 aromatic carbocycles. The van der Waals surface area contributed by atoms with Crippen LogP contribution in [0.3, 0.4) is 0 Å². The van der Waals surface area contributed by atoms with Crippen LogP contribution in [-0.4, -0.2) is 11.1 Å². The number of unbranched alkanes of at least 4 members (excludes halogenated alkanes) is 2. The Balaban J connectivity index is 1.83. The normalized spacial score (nSPS) is 33.4. The van der Waals surface area contributed by atoms with Crippen LogP contribution in [0.4, 0.5) is 0 Å². The lowest BCUT2D eigenvalue weighted by atomic mass is 9.46. The van der Waals surface area contributed by atoms with Crippen LogP contribution in [0, 0.1) is 22.2 Å². The molecule has 3 aliphatic carbocycles. The van der Waals surface area contributed by atoms with Gasteiger partial charge in [0.25, 0.3) is 0 Å². The predicted octanol–water partition coefficient (Wildman–Crippen LogP) is 8.53. The molecule has 3 aliphatic rings. The van der Waals surface area contributed by atoms with Crippen molar-refractivity contribution in [2.24, 2.45) is 22.2 Å². The highest BCUT2D eigenvalue weighted by atomic mass is 16.4. The Kier molecular flexibility index (Phi) is 8.13. The van der Waals surface area contributed by atoms with Gasteiger partial charge in [0.15, 0.2) is 0 Å². The molecular formula is C27H48O2. The summed E-state index contributed by atoms with van der Waals surface area (Å²) in [5.74, 6) is 0.460. The fraction of sp³-hybridized carbons (Fsp3) is 0.963. The van der Waals surface area contributed by atoms with E-state index in [4.69, 9.17) is 0 Å². The fourth-order valence-corrected chi connectivity index (χ4v) is 8.10. The van der Waals surface area contributed by atoms with Crippen LogP contribution >= 0.6 is 0 Å². The summed E-state index contributed by atoms with van der Waals surface area (Å²) in [5, 5.41) is 10.5. The zero-order chi connectivity index (χ0) is 20.8. The van der Waals surface area contributed by atoms with Gasteiger partial charge in [-0.15, -0.1) is 0 Å². The van der Waals surface area contributed by atoms with E-state index in [1.54, 1.807) is 0 Å². The molecule has 0 saturated heterocycles. The first kappa shape index (κ1) is 23.1. The van der Waals surface area contributed by atoms with Crippen LogP contribution in [0.5, 0.6) is 0 Å². The van der Waals surface area contributed by atoms with Crippen LogP contribution in [0.25, 0.3) is 0 Å². The minimum absolute atomic E-state index is 0.0664. The summed E-state index contributed by atoms with van der Waals surface area (Å²) in [6, 6.07) is 0. The van der Waals surface area contributed by atoms with Gasteiger partial charge in [-0.25, -0.2) is 0 Å². The molecule has 1 N–H and O–H groups in total. The Morgan fingerprint density at radius 3 is 1.93 bits per heavy atom. The van der Waals surface area contributed by atoms with Gasteiger partial charge < -0.3 is 5.11 Å². The Labute approximate surface area is 180 Å². The second kappa shape index (κ2) is 10.2. The second-order valence-electron chi connectivity index (χ2n) is 11.1. The van der Waals surface area contributed by atoms with Crippen molar-refractivity contribution in [1.82, 2.24) is 0 Å². The number of hydrogen-bond acceptors (Lipinski definition) is 1. The zero-order valence-corrected chi connectivity index (χ0v) is 19.6. The lowest BCUT2D eigenvalue weighted by Crippen LogP contribution is -2.53. The molecule has 0 spiro atoms. The molecule has 3 fully saturated rings. The molecule has 0 aromatic heterocycles. The van der Waals surface area contributed by atoms with E-state index in [9.17, 15) is 9.90 Å². The van der Waals surface area contributed by atoms with Gasteiger partial charge in [0, 0.05) is 0 Å². The van der Waals surface area contributed by atoms with E-state index >= 15 is 0 Å². The minimum Gasteiger partial charge on any atom is -0.481 e. The number of hydrogen-bond donors (Lipinski definition) is 1. The standard InChI is InChI=1S/C27H48O2/c1-3-5-10-16-25(23-13-8-6-9-14-23)19-21-26(15-4-2,22-20-25)27(24(28)29)17-11-7-12-18-27/h23H,3-22H2,1-2H3,(H,28,29). The molecule has 0 amide bonds. The predicted molar refractivity (Wildman–Crippen MR) is 122 cm³/mol. The molecule has 0 aromatic rings. The van der Waals surface area contributed by atoms with Gasteiger partial charge in [-0.2, -0.15) is 0 Å². The van der Waals surface area contributed by atoms with Gasteiger partial charge in [0.1, 0.15) is 0 Å². The molecule has 0 radical (unpaired) electrons. The third-order valence-electron chi connectivity index (χ3n) is 9.81. The largest absolute Gasteiger partial charge is 0.481 e. The third kappa shape index (κ3) is 4.57. The van der Waals surface area contributed by atoms with Crippen molar-refractivity contribution in [2.45, 2.75) is 142 Å². The molecule has 0 aliphatic heterocycles.